The van der Waals surface area contributed by atoms with Crippen molar-refractivity contribution < 1.29 is 9.53 Å². The van der Waals surface area contributed by atoms with Crippen LogP contribution in [0.15, 0.2) is 36.4 Å². The average Bonchev–Trinajstić information content (AvgIpc) is 2.43. The second-order valence-electron chi connectivity index (χ2n) is 4.87. The molecular weight excluding hydrogens is 264 g/mol. The first-order valence-electron chi connectivity index (χ1n) is 6.93. The molecule has 0 fully saturated rings. The van der Waals surface area contributed by atoms with Gasteiger partial charge in [0.15, 0.2) is 0 Å². The van der Waals surface area contributed by atoms with Crippen LogP contribution in [-0.2, 0) is 0 Å². The van der Waals surface area contributed by atoms with E-state index in [9.17, 15) is 4.79 Å². The summed E-state index contributed by atoms with van der Waals surface area (Å²) in [5, 5.41) is 2.94. The number of nitrogen functional groups attached to an aromatic ring is 1. The first-order chi connectivity index (χ1) is 10.0. The smallest absolute Gasteiger partial charge is 0.261 e. The highest BCUT2D eigenvalue weighted by Gasteiger charge is 2.17. The molecule has 0 unspecified atom stereocenters. The molecule has 0 saturated carbocycles. The molecule has 1 amide bonds. The van der Waals surface area contributed by atoms with E-state index >= 15 is 0 Å². The van der Waals surface area contributed by atoms with E-state index in [0.29, 0.717) is 23.6 Å². The zero-order valence-corrected chi connectivity index (χ0v) is 12.6. The Morgan fingerprint density at radius 3 is 2.38 bits per heavy atom. The molecule has 0 heterocycles. The topological polar surface area (TPSA) is 64.3 Å². The SMILES string of the molecule is CCOc1cccc(N)c1C(=O)Nc1c(C)cccc1C. The lowest BCUT2D eigenvalue weighted by Crippen LogP contribution is -2.17. The van der Waals surface area contributed by atoms with Crippen molar-refractivity contribution in [1.29, 1.82) is 0 Å². The number of anilines is 2. The van der Waals surface area contributed by atoms with Crippen LogP contribution >= 0.6 is 0 Å². The first kappa shape index (κ1) is 14.9. The molecule has 21 heavy (non-hydrogen) atoms. The largest absolute Gasteiger partial charge is 0.493 e. The van der Waals surface area contributed by atoms with Gasteiger partial charge in [-0.15, -0.1) is 0 Å². The zero-order chi connectivity index (χ0) is 15.4. The summed E-state index contributed by atoms with van der Waals surface area (Å²) >= 11 is 0. The van der Waals surface area contributed by atoms with Crippen molar-refractivity contribution in [3.63, 3.8) is 0 Å². The highest BCUT2D eigenvalue weighted by Crippen LogP contribution is 2.27. The number of carbonyl (C=O) groups is 1. The number of carbonyl (C=O) groups excluding carboxylic acids is 1. The van der Waals surface area contributed by atoms with Gasteiger partial charge < -0.3 is 15.8 Å². The van der Waals surface area contributed by atoms with E-state index in [1.165, 1.54) is 0 Å². The number of aryl methyl sites for hydroxylation is 2. The lowest BCUT2D eigenvalue weighted by Gasteiger charge is -2.15. The normalized spacial score (nSPS) is 10.2. The standard InChI is InChI=1S/C17H20N2O2/c1-4-21-14-10-6-9-13(18)15(14)17(20)19-16-11(2)7-5-8-12(16)3/h5-10H,4,18H2,1-3H3,(H,19,20). The molecule has 0 aromatic heterocycles. The van der Waals surface area contributed by atoms with Crippen molar-refractivity contribution in [3.05, 3.63) is 53.1 Å². The van der Waals surface area contributed by atoms with E-state index in [-0.39, 0.29) is 5.91 Å². The van der Waals surface area contributed by atoms with Gasteiger partial charge in [-0.1, -0.05) is 24.3 Å². The monoisotopic (exact) mass is 284 g/mol. The van der Waals surface area contributed by atoms with Gasteiger partial charge in [0.1, 0.15) is 11.3 Å². The van der Waals surface area contributed by atoms with Crippen LogP contribution in [0.4, 0.5) is 11.4 Å². The van der Waals surface area contributed by atoms with Crippen LogP contribution in [0.3, 0.4) is 0 Å². The predicted octanol–water partition coefficient (Wildman–Crippen LogP) is 3.54. The molecule has 0 aliphatic carbocycles. The van der Waals surface area contributed by atoms with Gasteiger partial charge in [-0.25, -0.2) is 0 Å². The molecule has 0 aliphatic rings. The van der Waals surface area contributed by atoms with Crippen molar-refractivity contribution in [2.75, 3.05) is 17.7 Å². The van der Waals surface area contributed by atoms with E-state index in [0.717, 1.165) is 16.8 Å². The molecule has 0 aliphatic heterocycles. The molecule has 0 atom stereocenters. The number of para-hydroxylation sites is 1. The fourth-order valence-corrected chi connectivity index (χ4v) is 2.25. The van der Waals surface area contributed by atoms with E-state index < -0.39 is 0 Å². The van der Waals surface area contributed by atoms with Gasteiger partial charge in [0, 0.05) is 11.4 Å². The van der Waals surface area contributed by atoms with Gasteiger partial charge in [0.2, 0.25) is 0 Å². The molecule has 3 N–H and O–H groups in total. The molecule has 0 saturated heterocycles. The fraction of sp³-hybridized carbons (Fsp3) is 0.235. The molecule has 110 valence electrons. The summed E-state index contributed by atoms with van der Waals surface area (Å²) in [5.74, 6) is 0.246. The van der Waals surface area contributed by atoms with Crippen LogP contribution in [0.1, 0.15) is 28.4 Å². The second-order valence-corrected chi connectivity index (χ2v) is 4.87. The summed E-state index contributed by atoms with van der Waals surface area (Å²) in [6.45, 7) is 6.27. The quantitative estimate of drug-likeness (QED) is 0.844. The van der Waals surface area contributed by atoms with Crippen LogP contribution in [0.2, 0.25) is 0 Å². The zero-order valence-electron chi connectivity index (χ0n) is 12.6. The Morgan fingerprint density at radius 1 is 1.14 bits per heavy atom. The molecule has 2 rings (SSSR count). The van der Waals surface area contributed by atoms with Gasteiger partial charge in [-0.2, -0.15) is 0 Å². The minimum absolute atomic E-state index is 0.256. The summed E-state index contributed by atoms with van der Waals surface area (Å²) in [5.41, 5.74) is 9.56. The maximum atomic E-state index is 12.6. The predicted molar refractivity (Wildman–Crippen MR) is 85.9 cm³/mol. The van der Waals surface area contributed by atoms with Crippen molar-refractivity contribution in [2.24, 2.45) is 0 Å². The third-order valence-corrected chi connectivity index (χ3v) is 3.31. The summed E-state index contributed by atoms with van der Waals surface area (Å²) in [4.78, 5) is 12.6. The molecule has 0 radical (unpaired) electrons. The highest BCUT2D eigenvalue weighted by atomic mass is 16.5. The number of hydrogen-bond acceptors (Lipinski definition) is 3. The molecule has 2 aromatic rings. The lowest BCUT2D eigenvalue weighted by molar-refractivity contribution is 0.102. The molecule has 0 spiro atoms. The summed E-state index contributed by atoms with van der Waals surface area (Å²) in [7, 11) is 0. The van der Waals surface area contributed by atoms with Crippen LogP contribution in [0.25, 0.3) is 0 Å². The van der Waals surface area contributed by atoms with Gasteiger partial charge in [-0.05, 0) is 44.0 Å². The van der Waals surface area contributed by atoms with E-state index in [4.69, 9.17) is 10.5 Å². The summed E-state index contributed by atoms with van der Waals surface area (Å²) in [6.07, 6.45) is 0. The Bertz CT molecular complexity index is 646. The number of rotatable bonds is 4. The van der Waals surface area contributed by atoms with Gasteiger partial charge in [-0.3, -0.25) is 4.79 Å². The van der Waals surface area contributed by atoms with Crippen LogP contribution in [0.5, 0.6) is 5.75 Å². The van der Waals surface area contributed by atoms with E-state index in [2.05, 4.69) is 5.32 Å². The fourth-order valence-electron chi connectivity index (χ4n) is 2.25. The van der Waals surface area contributed by atoms with Crippen molar-refractivity contribution in [1.82, 2.24) is 0 Å². The van der Waals surface area contributed by atoms with Gasteiger partial charge in [0.05, 0.1) is 6.61 Å². The third kappa shape index (κ3) is 3.16. The number of nitrogens with two attached hydrogens (primary N) is 1. The van der Waals surface area contributed by atoms with Crippen molar-refractivity contribution >= 4 is 17.3 Å². The molecule has 2 aromatic carbocycles. The Kier molecular flexibility index (Phi) is 4.48. The Balaban J connectivity index is 2.37. The number of ether oxygens (including phenoxy) is 1. The van der Waals surface area contributed by atoms with Crippen LogP contribution in [0, 0.1) is 13.8 Å². The minimum atomic E-state index is -0.256. The molecular formula is C17H20N2O2. The third-order valence-electron chi connectivity index (χ3n) is 3.31. The van der Waals surface area contributed by atoms with Gasteiger partial charge in [0.25, 0.3) is 5.91 Å². The van der Waals surface area contributed by atoms with Crippen molar-refractivity contribution in [2.45, 2.75) is 20.8 Å². The van der Waals surface area contributed by atoms with Crippen LogP contribution < -0.4 is 15.8 Å². The lowest BCUT2D eigenvalue weighted by atomic mass is 10.1. The van der Waals surface area contributed by atoms with Crippen molar-refractivity contribution in [3.8, 4) is 5.75 Å². The number of amides is 1. The maximum Gasteiger partial charge on any atom is 0.261 e. The molecule has 0 bridgehead atoms. The maximum absolute atomic E-state index is 12.6. The Hall–Kier alpha value is -2.49. The second kappa shape index (κ2) is 6.31. The summed E-state index contributed by atoms with van der Waals surface area (Å²) in [6, 6.07) is 11.1. The minimum Gasteiger partial charge on any atom is -0.493 e. The Morgan fingerprint density at radius 2 is 1.76 bits per heavy atom. The van der Waals surface area contributed by atoms with Gasteiger partial charge >= 0.3 is 0 Å². The number of hydrogen-bond donors (Lipinski definition) is 2. The highest BCUT2D eigenvalue weighted by molar-refractivity contribution is 6.10. The first-order valence-corrected chi connectivity index (χ1v) is 6.93. The summed E-state index contributed by atoms with van der Waals surface area (Å²) < 4.78 is 5.50. The van der Waals surface area contributed by atoms with Crippen LogP contribution in [-0.4, -0.2) is 12.5 Å². The molecule has 4 heteroatoms. The number of nitrogens with one attached hydrogen (secondary N) is 1. The number of benzene rings is 2. The van der Waals surface area contributed by atoms with E-state index in [1.807, 2.05) is 39.0 Å². The van der Waals surface area contributed by atoms with E-state index in [1.54, 1.807) is 18.2 Å². The average molecular weight is 284 g/mol. The molecule has 4 nitrogen and oxygen atoms in total. The Labute approximate surface area is 124 Å².